The Kier molecular flexibility index (Phi) is 4.50. The van der Waals surface area contributed by atoms with E-state index in [4.69, 9.17) is 13.6 Å². The normalized spacial score (nSPS) is 16.8. The highest BCUT2D eigenvalue weighted by molar-refractivity contribution is 5.90. The second-order valence-electron chi connectivity index (χ2n) is 6.49. The molecule has 1 aromatic heterocycles. The molecular weight excluding hydrogens is 330 g/mol. The van der Waals surface area contributed by atoms with E-state index in [0.717, 1.165) is 23.0 Å². The van der Waals surface area contributed by atoms with Crippen molar-refractivity contribution in [2.45, 2.75) is 26.7 Å². The average Bonchev–Trinajstić information content (AvgIpc) is 2.67. The first-order valence-electron chi connectivity index (χ1n) is 10.5. The Morgan fingerprint density at radius 2 is 2.19 bits per heavy atom. The average molecular weight is 360 g/mol. The summed E-state index contributed by atoms with van der Waals surface area (Å²) < 4.78 is 35.7. The van der Waals surface area contributed by atoms with Crippen LogP contribution in [-0.4, -0.2) is 42.5 Å². The molecule has 3 rings (SSSR count). The van der Waals surface area contributed by atoms with Gasteiger partial charge in [-0.2, -0.15) is 0 Å². The van der Waals surface area contributed by atoms with Gasteiger partial charge in [0.05, 0.1) is 30.7 Å². The molecule has 0 amide bonds. The molecule has 6 nitrogen and oxygen atoms in total. The van der Waals surface area contributed by atoms with Gasteiger partial charge in [-0.25, -0.2) is 4.98 Å². The molecule has 26 heavy (non-hydrogen) atoms. The highest BCUT2D eigenvalue weighted by Gasteiger charge is 2.20. The maximum atomic E-state index is 13.3. The maximum absolute atomic E-state index is 13.3. The van der Waals surface area contributed by atoms with Crippen LogP contribution < -0.4 is 10.5 Å². The molecule has 1 aliphatic rings. The minimum absolute atomic E-state index is 0.122. The molecule has 140 valence electrons. The van der Waals surface area contributed by atoms with Crippen LogP contribution in [0.4, 0.5) is 5.95 Å². The molecule has 1 saturated heterocycles. The number of rotatable bonds is 6. The largest absolute Gasteiger partial charge is 0.494 e. The van der Waals surface area contributed by atoms with Crippen molar-refractivity contribution in [2.24, 2.45) is 6.98 Å². The zero-order valence-corrected chi connectivity index (χ0v) is 15.4. The Bertz CT molecular complexity index is 963. The van der Waals surface area contributed by atoms with E-state index in [0.29, 0.717) is 49.7 Å². The molecule has 0 aliphatic carbocycles. The summed E-state index contributed by atoms with van der Waals surface area (Å²) in [5, 5.41) is 0.244. The van der Waals surface area contributed by atoms with Crippen molar-refractivity contribution in [1.82, 2.24) is 9.55 Å². The van der Waals surface area contributed by atoms with E-state index in [2.05, 4.69) is 18.5 Å². The van der Waals surface area contributed by atoms with Gasteiger partial charge in [-0.15, -0.1) is 0 Å². The lowest BCUT2D eigenvalue weighted by molar-refractivity contribution is 0.121. The first-order valence-corrected chi connectivity index (χ1v) is 8.96. The number of ether oxygens (including phenoxy) is 2. The predicted octanol–water partition coefficient (Wildman–Crippen LogP) is 2.87. The number of fused-ring (bicyclic) bond motifs is 1. The lowest BCUT2D eigenvalue weighted by Gasteiger charge is -2.29. The Balaban J connectivity index is 2.23. The number of benzene rings is 1. The molecule has 0 saturated carbocycles. The van der Waals surface area contributed by atoms with Crippen LogP contribution in [0.5, 0.6) is 0 Å². The number of unbranched alkanes of at least 4 members (excludes halogenated alkanes) is 1. The third-order valence-electron chi connectivity index (χ3n) is 4.47. The monoisotopic (exact) mass is 360 g/mol. The van der Waals surface area contributed by atoms with Crippen molar-refractivity contribution in [3.05, 3.63) is 40.2 Å². The van der Waals surface area contributed by atoms with Crippen molar-refractivity contribution in [2.75, 3.05) is 37.8 Å². The van der Waals surface area contributed by atoms with E-state index in [1.807, 2.05) is 13.0 Å². The molecule has 1 fully saturated rings. The number of nitrogens with zero attached hydrogens (tertiary/aromatic N) is 3. The van der Waals surface area contributed by atoms with E-state index >= 15 is 0 Å². The van der Waals surface area contributed by atoms with E-state index in [1.165, 1.54) is 0 Å². The third kappa shape index (κ3) is 3.60. The van der Waals surface area contributed by atoms with Crippen LogP contribution in [0.1, 0.15) is 35.0 Å². The lowest BCUT2D eigenvalue weighted by Crippen LogP contribution is -2.40. The molecule has 0 radical (unpaired) electrons. The lowest BCUT2D eigenvalue weighted by atomic mass is 10.1. The summed E-state index contributed by atoms with van der Waals surface area (Å²) >= 11 is 0. The van der Waals surface area contributed by atoms with Crippen molar-refractivity contribution in [1.29, 1.82) is 0 Å². The summed E-state index contributed by atoms with van der Waals surface area (Å²) in [6, 6.07) is 3.53. The zero-order chi connectivity index (χ0) is 21.2. The van der Waals surface area contributed by atoms with Gasteiger partial charge >= 0.3 is 0 Å². The number of aromatic nitrogens is 2. The Morgan fingerprint density at radius 1 is 1.42 bits per heavy atom. The molecule has 2 aromatic rings. The van der Waals surface area contributed by atoms with Crippen molar-refractivity contribution >= 4 is 22.6 Å². The molecule has 0 spiro atoms. The summed E-state index contributed by atoms with van der Waals surface area (Å²) in [4.78, 5) is 19.7. The van der Waals surface area contributed by atoms with Gasteiger partial charge in [-0.05, 0) is 31.0 Å². The number of hydrogen-bond acceptors (Lipinski definition) is 5. The van der Waals surface area contributed by atoms with E-state index < -0.39 is 12.5 Å². The first kappa shape index (κ1) is 14.8. The van der Waals surface area contributed by atoms with Crippen LogP contribution in [0.25, 0.3) is 16.7 Å². The molecule has 0 atom stereocenters. The maximum Gasteiger partial charge on any atom is 0.262 e. The highest BCUT2D eigenvalue weighted by Crippen LogP contribution is 2.26. The molecule has 0 N–H and O–H groups in total. The molecular formula is C20H27N3O3. The third-order valence-corrected chi connectivity index (χ3v) is 4.47. The van der Waals surface area contributed by atoms with Gasteiger partial charge in [0.1, 0.15) is 5.76 Å². The highest BCUT2D eigenvalue weighted by atomic mass is 16.5. The molecule has 1 aromatic carbocycles. The summed E-state index contributed by atoms with van der Waals surface area (Å²) in [6.07, 6.45) is 1.88. The smallest absolute Gasteiger partial charge is 0.262 e. The summed E-state index contributed by atoms with van der Waals surface area (Å²) in [5.41, 5.74) is 1.23. The SMILES string of the molecule is [2H]C([2H])([2H])n1c(N2CCOCC2)nc2c(C(=C)OCCCC)cc(C)cc2c1=O. The molecule has 0 unspecified atom stereocenters. The minimum Gasteiger partial charge on any atom is -0.494 e. The van der Waals surface area contributed by atoms with E-state index in [-0.39, 0.29) is 11.3 Å². The number of hydrogen-bond donors (Lipinski definition) is 0. The van der Waals surface area contributed by atoms with E-state index in [9.17, 15) is 4.79 Å². The summed E-state index contributed by atoms with van der Waals surface area (Å²) in [6.45, 7) is 7.62. The van der Waals surface area contributed by atoms with E-state index in [1.54, 1.807) is 11.0 Å². The van der Waals surface area contributed by atoms with Crippen LogP contribution in [0.2, 0.25) is 0 Å². The zero-order valence-electron chi connectivity index (χ0n) is 18.4. The fraction of sp³-hybridized carbons (Fsp3) is 0.500. The number of anilines is 1. The van der Waals surface area contributed by atoms with Crippen LogP contribution >= 0.6 is 0 Å². The summed E-state index contributed by atoms with van der Waals surface area (Å²) in [5.74, 6) is 0.552. The Labute approximate surface area is 158 Å². The van der Waals surface area contributed by atoms with Crippen LogP contribution in [0.3, 0.4) is 0 Å². The van der Waals surface area contributed by atoms with Gasteiger partial charge in [-0.1, -0.05) is 19.9 Å². The summed E-state index contributed by atoms with van der Waals surface area (Å²) in [7, 11) is 0. The quantitative estimate of drug-likeness (QED) is 0.586. The van der Waals surface area contributed by atoms with Gasteiger partial charge in [0.15, 0.2) is 0 Å². The van der Waals surface area contributed by atoms with Crippen molar-refractivity contribution in [3.63, 3.8) is 0 Å². The molecule has 1 aliphatic heterocycles. The fourth-order valence-corrected chi connectivity index (χ4v) is 3.03. The minimum atomic E-state index is -2.65. The number of aryl methyl sites for hydroxylation is 1. The van der Waals surface area contributed by atoms with Crippen LogP contribution in [0, 0.1) is 6.92 Å². The Hall–Kier alpha value is -2.34. The Morgan fingerprint density at radius 3 is 2.88 bits per heavy atom. The fourth-order valence-electron chi connectivity index (χ4n) is 3.03. The van der Waals surface area contributed by atoms with Gasteiger partial charge in [0.2, 0.25) is 5.95 Å². The van der Waals surface area contributed by atoms with Crippen LogP contribution in [0.15, 0.2) is 23.5 Å². The second kappa shape index (κ2) is 7.91. The van der Waals surface area contributed by atoms with Gasteiger partial charge in [0.25, 0.3) is 5.56 Å². The number of morpholine rings is 1. The van der Waals surface area contributed by atoms with Crippen LogP contribution in [-0.2, 0) is 16.4 Å². The van der Waals surface area contributed by atoms with Crippen molar-refractivity contribution < 1.29 is 13.6 Å². The second-order valence-corrected chi connectivity index (χ2v) is 6.49. The van der Waals surface area contributed by atoms with Gasteiger partial charge in [0, 0.05) is 29.7 Å². The molecule has 0 bridgehead atoms. The van der Waals surface area contributed by atoms with Gasteiger partial charge < -0.3 is 14.4 Å². The predicted molar refractivity (Wildman–Crippen MR) is 105 cm³/mol. The standard InChI is InChI=1S/C20H27N3O3/c1-5-6-9-26-15(3)16-12-14(2)13-17-18(16)21-20(22(4)19(17)24)23-7-10-25-11-8-23/h12-13H,3,5-11H2,1-2,4H3/i4D3. The molecule has 6 heteroatoms. The molecule has 2 heterocycles. The van der Waals surface area contributed by atoms with Gasteiger partial charge in [-0.3, -0.25) is 9.36 Å². The first-order chi connectivity index (χ1) is 13.7. The topological polar surface area (TPSA) is 56.6 Å². The van der Waals surface area contributed by atoms with Crippen molar-refractivity contribution in [3.8, 4) is 0 Å².